The van der Waals surface area contributed by atoms with E-state index in [0.29, 0.717) is 6.61 Å². The molecule has 0 bridgehead atoms. The van der Waals surface area contributed by atoms with Crippen LogP contribution >= 0.6 is 0 Å². The van der Waals surface area contributed by atoms with E-state index in [0.717, 1.165) is 18.9 Å². The van der Waals surface area contributed by atoms with Crippen LogP contribution in [0.5, 0.6) is 5.75 Å². The van der Waals surface area contributed by atoms with Crippen molar-refractivity contribution in [2.75, 3.05) is 18.9 Å². The maximum Gasteiger partial charge on any atom is 0.202 e. The zero-order valence-electron chi connectivity index (χ0n) is 8.71. The fraction of sp³-hybridized carbons (Fsp3) is 0.455. The van der Waals surface area contributed by atoms with Gasteiger partial charge in [-0.25, -0.2) is 4.39 Å². The molecule has 1 aliphatic rings. The summed E-state index contributed by atoms with van der Waals surface area (Å²) in [4.78, 5) is 0. The van der Waals surface area contributed by atoms with Gasteiger partial charge in [0.25, 0.3) is 0 Å². The highest BCUT2D eigenvalue weighted by atomic mass is 19.2. The van der Waals surface area contributed by atoms with Gasteiger partial charge in [-0.05, 0) is 25.0 Å². The number of hydrogen-bond donors (Lipinski definition) is 1. The van der Waals surface area contributed by atoms with Gasteiger partial charge in [-0.1, -0.05) is 0 Å². The van der Waals surface area contributed by atoms with Crippen molar-refractivity contribution in [3.63, 3.8) is 0 Å². The molecule has 88 valence electrons. The van der Waals surface area contributed by atoms with Crippen LogP contribution in [0, 0.1) is 11.6 Å². The molecule has 0 aliphatic carbocycles. The molecule has 0 amide bonds. The molecular weight excluding hydrogens is 216 g/mol. The lowest BCUT2D eigenvalue weighted by atomic mass is 10.2. The Morgan fingerprint density at radius 3 is 2.94 bits per heavy atom. The lowest BCUT2D eigenvalue weighted by Crippen LogP contribution is -2.17. The second-order valence-corrected chi connectivity index (χ2v) is 3.73. The Morgan fingerprint density at radius 2 is 2.25 bits per heavy atom. The molecule has 1 heterocycles. The van der Waals surface area contributed by atoms with Gasteiger partial charge in [0.1, 0.15) is 6.61 Å². The lowest BCUT2D eigenvalue weighted by molar-refractivity contribution is 0.0666. The van der Waals surface area contributed by atoms with Gasteiger partial charge < -0.3 is 15.2 Å². The molecule has 0 spiro atoms. The van der Waals surface area contributed by atoms with Crippen LogP contribution < -0.4 is 10.5 Å². The fourth-order valence-electron chi connectivity index (χ4n) is 1.65. The molecule has 0 saturated carbocycles. The zero-order chi connectivity index (χ0) is 11.5. The Labute approximate surface area is 92.1 Å². The molecule has 1 aromatic rings. The largest absolute Gasteiger partial charge is 0.486 e. The quantitative estimate of drug-likeness (QED) is 0.807. The van der Waals surface area contributed by atoms with E-state index in [1.807, 2.05) is 0 Å². The summed E-state index contributed by atoms with van der Waals surface area (Å²) < 4.78 is 36.7. The van der Waals surface area contributed by atoms with Crippen LogP contribution in [0.1, 0.15) is 12.8 Å². The highest BCUT2D eigenvalue weighted by Gasteiger charge is 2.19. The van der Waals surface area contributed by atoms with Crippen LogP contribution in [-0.4, -0.2) is 19.3 Å². The molecule has 0 radical (unpaired) electrons. The van der Waals surface area contributed by atoms with Gasteiger partial charge in [0.05, 0.1) is 11.8 Å². The standard InChI is InChI=1S/C11H13F2NO2/c12-8-3-4-9(14)11(10(8)13)16-6-7-2-1-5-15-7/h3-4,7H,1-2,5-6,14H2. The molecule has 1 aliphatic heterocycles. The predicted octanol–water partition coefficient (Wildman–Crippen LogP) is 2.10. The summed E-state index contributed by atoms with van der Waals surface area (Å²) >= 11 is 0. The van der Waals surface area contributed by atoms with Crippen molar-refractivity contribution in [3.8, 4) is 5.75 Å². The minimum Gasteiger partial charge on any atom is -0.486 e. The van der Waals surface area contributed by atoms with Crippen LogP contribution in [-0.2, 0) is 4.74 Å². The van der Waals surface area contributed by atoms with Crippen molar-refractivity contribution >= 4 is 5.69 Å². The number of hydrogen-bond acceptors (Lipinski definition) is 3. The number of halogens is 2. The Bertz CT molecular complexity index is 378. The van der Waals surface area contributed by atoms with Crippen LogP contribution in [0.2, 0.25) is 0 Å². The first-order valence-electron chi connectivity index (χ1n) is 5.16. The molecular formula is C11H13F2NO2. The van der Waals surface area contributed by atoms with Gasteiger partial charge in [-0.15, -0.1) is 0 Å². The highest BCUT2D eigenvalue weighted by Crippen LogP contribution is 2.27. The Morgan fingerprint density at radius 1 is 1.44 bits per heavy atom. The van der Waals surface area contributed by atoms with E-state index < -0.39 is 11.6 Å². The van der Waals surface area contributed by atoms with E-state index in [2.05, 4.69) is 0 Å². The van der Waals surface area contributed by atoms with E-state index in [1.54, 1.807) is 0 Å². The van der Waals surface area contributed by atoms with Crippen LogP contribution in [0.4, 0.5) is 14.5 Å². The maximum absolute atomic E-state index is 13.3. The molecule has 1 fully saturated rings. The van der Waals surface area contributed by atoms with E-state index in [4.69, 9.17) is 15.2 Å². The van der Waals surface area contributed by atoms with Gasteiger partial charge in [0, 0.05) is 6.61 Å². The molecule has 0 aromatic heterocycles. The summed E-state index contributed by atoms with van der Waals surface area (Å²) in [5.41, 5.74) is 5.60. The van der Waals surface area contributed by atoms with Gasteiger partial charge in [0.2, 0.25) is 5.82 Å². The molecule has 16 heavy (non-hydrogen) atoms. The summed E-state index contributed by atoms with van der Waals surface area (Å²) in [5.74, 6) is -2.23. The number of ether oxygens (including phenoxy) is 2. The predicted molar refractivity (Wildman–Crippen MR) is 55.2 cm³/mol. The van der Waals surface area contributed by atoms with E-state index in [-0.39, 0.29) is 24.1 Å². The smallest absolute Gasteiger partial charge is 0.202 e. The van der Waals surface area contributed by atoms with Crippen LogP contribution in [0.15, 0.2) is 12.1 Å². The minimum atomic E-state index is -1.04. The minimum absolute atomic E-state index is 0.0536. The highest BCUT2D eigenvalue weighted by molar-refractivity contribution is 5.53. The number of rotatable bonds is 3. The van der Waals surface area contributed by atoms with Gasteiger partial charge >= 0.3 is 0 Å². The monoisotopic (exact) mass is 229 g/mol. The maximum atomic E-state index is 13.3. The van der Waals surface area contributed by atoms with Crippen LogP contribution in [0.3, 0.4) is 0 Å². The Hall–Kier alpha value is -1.36. The number of nitrogens with two attached hydrogens (primary N) is 1. The first-order valence-corrected chi connectivity index (χ1v) is 5.16. The van der Waals surface area contributed by atoms with E-state index >= 15 is 0 Å². The number of benzene rings is 1. The molecule has 1 unspecified atom stereocenters. The van der Waals surface area contributed by atoms with Crippen molar-refractivity contribution in [2.24, 2.45) is 0 Å². The third kappa shape index (κ3) is 2.24. The summed E-state index contributed by atoms with van der Waals surface area (Å²) in [6.45, 7) is 0.889. The first kappa shape index (κ1) is 11.1. The van der Waals surface area contributed by atoms with Crippen molar-refractivity contribution in [3.05, 3.63) is 23.8 Å². The summed E-state index contributed by atoms with van der Waals surface area (Å²) in [5, 5.41) is 0. The molecule has 3 nitrogen and oxygen atoms in total. The lowest BCUT2D eigenvalue weighted by Gasteiger charge is -2.13. The van der Waals surface area contributed by atoms with E-state index in [1.165, 1.54) is 6.07 Å². The number of nitrogen functional groups attached to an aromatic ring is 1. The molecule has 1 atom stereocenters. The molecule has 1 aromatic carbocycles. The third-order valence-corrected chi connectivity index (χ3v) is 2.52. The summed E-state index contributed by atoms with van der Waals surface area (Å²) in [7, 11) is 0. The number of anilines is 1. The Balaban J connectivity index is 2.05. The van der Waals surface area contributed by atoms with Crippen molar-refractivity contribution < 1.29 is 18.3 Å². The van der Waals surface area contributed by atoms with Gasteiger partial charge in [0.15, 0.2) is 11.6 Å². The van der Waals surface area contributed by atoms with Gasteiger partial charge in [-0.3, -0.25) is 0 Å². The zero-order valence-corrected chi connectivity index (χ0v) is 8.71. The molecule has 2 N–H and O–H groups in total. The van der Waals surface area contributed by atoms with Crippen molar-refractivity contribution in [1.29, 1.82) is 0 Å². The third-order valence-electron chi connectivity index (χ3n) is 2.52. The second kappa shape index (κ2) is 4.65. The van der Waals surface area contributed by atoms with Crippen LogP contribution in [0.25, 0.3) is 0 Å². The molecule has 1 saturated heterocycles. The average Bonchev–Trinajstić information content (AvgIpc) is 2.77. The van der Waals surface area contributed by atoms with Gasteiger partial charge in [-0.2, -0.15) is 4.39 Å². The SMILES string of the molecule is Nc1ccc(F)c(F)c1OCC1CCCO1. The summed E-state index contributed by atoms with van der Waals surface area (Å²) in [6.07, 6.45) is 1.79. The van der Waals surface area contributed by atoms with E-state index in [9.17, 15) is 8.78 Å². The normalized spacial score (nSPS) is 20.0. The van der Waals surface area contributed by atoms with Crippen molar-refractivity contribution in [1.82, 2.24) is 0 Å². The topological polar surface area (TPSA) is 44.5 Å². The molecule has 5 heteroatoms. The fourth-order valence-corrected chi connectivity index (χ4v) is 1.65. The second-order valence-electron chi connectivity index (χ2n) is 3.73. The Kier molecular flexibility index (Phi) is 3.24. The first-order chi connectivity index (χ1) is 7.68. The molecule has 2 rings (SSSR count). The van der Waals surface area contributed by atoms with Crippen molar-refractivity contribution in [2.45, 2.75) is 18.9 Å². The summed E-state index contributed by atoms with van der Waals surface area (Å²) in [6, 6.07) is 2.26. The average molecular weight is 229 g/mol.